The summed E-state index contributed by atoms with van der Waals surface area (Å²) in [6.45, 7) is 1.35. The Balaban J connectivity index is 1.17. The number of aromatic carboxylic acids is 1. The molecule has 0 spiro atoms. The van der Waals surface area contributed by atoms with Crippen LogP contribution >= 0.6 is 11.3 Å². The highest BCUT2D eigenvalue weighted by molar-refractivity contribution is 7.18. The van der Waals surface area contributed by atoms with Crippen molar-refractivity contribution in [3.05, 3.63) is 106 Å². The first-order chi connectivity index (χ1) is 17.0. The maximum atomic E-state index is 13.4. The van der Waals surface area contributed by atoms with Crippen LogP contribution in [0, 0.1) is 5.82 Å². The van der Waals surface area contributed by atoms with E-state index < -0.39 is 5.97 Å². The molecule has 4 aromatic carbocycles. The average Bonchev–Trinajstić information content (AvgIpc) is 3.27. The normalized spacial score (nSPS) is 11.2. The summed E-state index contributed by atoms with van der Waals surface area (Å²) in [4.78, 5) is 15.4. The molecular weight excluding hydrogens is 465 g/mol. The molecule has 0 unspecified atom stereocenters. The number of halogens is 1. The fourth-order valence-corrected chi connectivity index (χ4v) is 4.66. The van der Waals surface area contributed by atoms with Crippen molar-refractivity contribution in [2.24, 2.45) is 0 Å². The van der Waals surface area contributed by atoms with Crippen LogP contribution in [-0.2, 0) is 24.4 Å². The SMILES string of the molecule is O=C(O)c1ccc(CCOCc2ccc3ccc(OCc4nc5cc(F)ccc5s4)cc3c2)cc1. The number of fused-ring (bicyclic) bond motifs is 2. The van der Waals surface area contributed by atoms with E-state index in [1.807, 2.05) is 36.4 Å². The van der Waals surface area contributed by atoms with Crippen LogP contribution < -0.4 is 4.74 Å². The first kappa shape index (κ1) is 23.0. The Bertz CT molecular complexity index is 1500. The summed E-state index contributed by atoms with van der Waals surface area (Å²) >= 11 is 1.50. The van der Waals surface area contributed by atoms with Gasteiger partial charge in [-0.05, 0) is 70.8 Å². The highest BCUT2D eigenvalue weighted by Crippen LogP contribution is 2.26. The number of benzene rings is 4. The van der Waals surface area contributed by atoms with Crippen LogP contribution in [-0.4, -0.2) is 22.7 Å². The maximum Gasteiger partial charge on any atom is 0.335 e. The van der Waals surface area contributed by atoms with Crippen LogP contribution in [0.15, 0.2) is 78.9 Å². The van der Waals surface area contributed by atoms with Gasteiger partial charge in [-0.15, -0.1) is 11.3 Å². The zero-order chi connectivity index (χ0) is 24.2. The molecule has 0 amide bonds. The van der Waals surface area contributed by atoms with Gasteiger partial charge in [-0.3, -0.25) is 0 Å². The maximum absolute atomic E-state index is 13.4. The highest BCUT2D eigenvalue weighted by atomic mass is 32.1. The molecule has 0 atom stereocenters. The molecule has 0 saturated heterocycles. The van der Waals surface area contributed by atoms with Gasteiger partial charge in [0.2, 0.25) is 0 Å². The van der Waals surface area contributed by atoms with Gasteiger partial charge in [-0.2, -0.15) is 0 Å². The van der Waals surface area contributed by atoms with E-state index in [0.717, 1.165) is 37.4 Å². The van der Waals surface area contributed by atoms with Crippen molar-refractivity contribution in [2.75, 3.05) is 6.61 Å². The van der Waals surface area contributed by atoms with Crippen LogP contribution in [0.1, 0.15) is 26.5 Å². The van der Waals surface area contributed by atoms with E-state index in [4.69, 9.17) is 14.6 Å². The predicted molar refractivity (Wildman–Crippen MR) is 135 cm³/mol. The van der Waals surface area contributed by atoms with E-state index in [-0.39, 0.29) is 11.4 Å². The van der Waals surface area contributed by atoms with Gasteiger partial charge in [0, 0.05) is 6.07 Å². The molecule has 0 fully saturated rings. The van der Waals surface area contributed by atoms with Crippen molar-refractivity contribution in [1.29, 1.82) is 0 Å². The number of aromatic nitrogens is 1. The average molecular weight is 488 g/mol. The third-order valence-electron chi connectivity index (χ3n) is 5.64. The first-order valence-corrected chi connectivity index (χ1v) is 12.0. The van der Waals surface area contributed by atoms with Crippen molar-refractivity contribution in [2.45, 2.75) is 19.6 Å². The Morgan fingerprint density at radius 1 is 0.886 bits per heavy atom. The van der Waals surface area contributed by atoms with Crippen molar-refractivity contribution in [1.82, 2.24) is 4.98 Å². The zero-order valence-corrected chi connectivity index (χ0v) is 19.6. The summed E-state index contributed by atoms with van der Waals surface area (Å²) in [6.07, 6.45) is 0.712. The molecule has 0 aliphatic rings. The van der Waals surface area contributed by atoms with Crippen molar-refractivity contribution in [3.8, 4) is 5.75 Å². The van der Waals surface area contributed by atoms with E-state index in [1.54, 1.807) is 18.2 Å². The molecule has 35 heavy (non-hydrogen) atoms. The number of carbonyl (C=O) groups is 1. The molecule has 5 aromatic rings. The number of thiazole rings is 1. The molecule has 0 aliphatic carbocycles. The molecule has 1 heterocycles. The monoisotopic (exact) mass is 487 g/mol. The third kappa shape index (κ3) is 5.65. The second kappa shape index (κ2) is 10.2. The number of carboxylic acids is 1. The highest BCUT2D eigenvalue weighted by Gasteiger charge is 2.07. The largest absolute Gasteiger partial charge is 0.486 e. The molecule has 176 valence electrons. The smallest absolute Gasteiger partial charge is 0.335 e. The van der Waals surface area contributed by atoms with Crippen molar-refractivity contribution >= 4 is 38.3 Å². The van der Waals surface area contributed by atoms with Gasteiger partial charge in [0.25, 0.3) is 0 Å². The minimum absolute atomic E-state index is 0.282. The number of ether oxygens (including phenoxy) is 2. The van der Waals surface area contributed by atoms with Gasteiger partial charge < -0.3 is 14.6 Å². The van der Waals surface area contributed by atoms with Crippen LogP contribution in [0.3, 0.4) is 0 Å². The Morgan fingerprint density at radius 3 is 2.51 bits per heavy atom. The second-order valence-corrected chi connectivity index (χ2v) is 9.27. The Kier molecular flexibility index (Phi) is 6.70. The summed E-state index contributed by atoms with van der Waals surface area (Å²) < 4.78 is 26.1. The Morgan fingerprint density at radius 2 is 1.69 bits per heavy atom. The predicted octanol–water partition coefficient (Wildman–Crippen LogP) is 6.63. The second-order valence-electron chi connectivity index (χ2n) is 8.16. The number of hydrogen-bond donors (Lipinski definition) is 1. The van der Waals surface area contributed by atoms with Crippen LogP contribution in [0.5, 0.6) is 5.75 Å². The number of hydrogen-bond acceptors (Lipinski definition) is 5. The first-order valence-electron chi connectivity index (χ1n) is 11.1. The summed E-state index contributed by atoms with van der Waals surface area (Å²) in [5, 5.41) is 11.9. The van der Waals surface area contributed by atoms with Crippen LogP contribution in [0.25, 0.3) is 21.0 Å². The lowest BCUT2D eigenvalue weighted by Gasteiger charge is -2.08. The third-order valence-corrected chi connectivity index (χ3v) is 6.65. The lowest BCUT2D eigenvalue weighted by molar-refractivity contribution is 0.0697. The van der Waals surface area contributed by atoms with Gasteiger partial charge in [0.15, 0.2) is 0 Å². The fraction of sp³-hybridized carbons (Fsp3) is 0.143. The summed E-state index contributed by atoms with van der Waals surface area (Å²) in [7, 11) is 0. The minimum Gasteiger partial charge on any atom is -0.486 e. The molecule has 1 N–H and O–H groups in total. The van der Waals surface area contributed by atoms with Gasteiger partial charge in [-0.25, -0.2) is 14.2 Å². The van der Waals surface area contributed by atoms with E-state index >= 15 is 0 Å². The molecular formula is C28H22FNO4S. The van der Waals surface area contributed by atoms with Gasteiger partial charge in [0.1, 0.15) is 23.2 Å². The van der Waals surface area contributed by atoms with Crippen molar-refractivity contribution < 1.29 is 23.8 Å². The Hall–Kier alpha value is -3.81. The van der Waals surface area contributed by atoms with E-state index in [1.165, 1.54) is 23.5 Å². The molecule has 0 radical (unpaired) electrons. The van der Waals surface area contributed by atoms with Gasteiger partial charge >= 0.3 is 5.97 Å². The molecule has 1 aromatic heterocycles. The molecule has 0 aliphatic heterocycles. The van der Waals surface area contributed by atoms with Gasteiger partial charge in [0.05, 0.1) is 29.0 Å². The van der Waals surface area contributed by atoms with Crippen LogP contribution in [0.4, 0.5) is 4.39 Å². The fourth-order valence-electron chi connectivity index (χ4n) is 3.80. The number of rotatable bonds is 9. The van der Waals surface area contributed by atoms with Crippen molar-refractivity contribution in [3.63, 3.8) is 0 Å². The molecule has 0 saturated carbocycles. The zero-order valence-electron chi connectivity index (χ0n) is 18.7. The summed E-state index contributed by atoms with van der Waals surface area (Å²) in [5.41, 5.74) is 3.02. The molecule has 5 nitrogen and oxygen atoms in total. The quantitative estimate of drug-likeness (QED) is 0.237. The van der Waals surface area contributed by atoms with E-state index in [0.29, 0.717) is 31.8 Å². The standard InChI is InChI=1S/C28H22FNO4S/c29-23-8-10-26-25(15-23)30-27(35-26)17-34-24-9-7-20-4-3-19(13-22(20)14-24)16-33-12-11-18-1-5-21(6-2-18)28(31)32/h1-10,13-15H,11-12,16-17H2,(H,31,32). The topological polar surface area (TPSA) is 68.7 Å². The van der Waals surface area contributed by atoms with E-state index in [9.17, 15) is 9.18 Å². The number of carboxylic acid groups (broad SMARTS) is 1. The molecule has 7 heteroatoms. The lowest BCUT2D eigenvalue weighted by atomic mass is 10.1. The number of nitrogens with zero attached hydrogens (tertiary/aromatic N) is 1. The molecule has 5 rings (SSSR count). The minimum atomic E-state index is -0.925. The van der Waals surface area contributed by atoms with E-state index in [2.05, 4.69) is 17.1 Å². The summed E-state index contributed by atoms with van der Waals surface area (Å²) in [6, 6.07) is 23.6. The Labute approximate surface area is 205 Å². The summed E-state index contributed by atoms with van der Waals surface area (Å²) in [5.74, 6) is -0.476. The molecule has 0 bridgehead atoms. The van der Waals surface area contributed by atoms with Crippen LogP contribution in [0.2, 0.25) is 0 Å². The van der Waals surface area contributed by atoms with Gasteiger partial charge in [-0.1, -0.05) is 30.3 Å². The lowest BCUT2D eigenvalue weighted by Crippen LogP contribution is -2.00.